The lowest BCUT2D eigenvalue weighted by atomic mass is 10.1. The van der Waals surface area contributed by atoms with Gasteiger partial charge in [-0.3, -0.25) is 9.59 Å². The third-order valence-electron chi connectivity index (χ3n) is 7.60. The molecule has 1 aliphatic rings. The zero-order valence-electron chi connectivity index (χ0n) is 25.9. The first-order chi connectivity index (χ1) is 19.9. The van der Waals surface area contributed by atoms with Gasteiger partial charge in [-0.25, -0.2) is 0 Å². The molecule has 0 aromatic rings. The third kappa shape index (κ3) is 19.5. The summed E-state index contributed by atoms with van der Waals surface area (Å²) in [5.41, 5.74) is 0. The molecular formula is C32H60O9. The number of ether oxygens (including phenoxy) is 4. The molecule has 0 bridgehead atoms. The molecule has 5 atom stereocenters. The van der Waals surface area contributed by atoms with Gasteiger partial charge in [-0.2, -0.15) is 0 Å². The molecule has 1 rings (SSSR count). The van der Waals surface area contributed by atoms with Crippen molar-refractivity contribution in [1.82, 2.24) is 0 Å². The number of hydrogen-bond donors (Lipinski definition) is 3. The van der Waals surface area contributed by atoms with Gasteiger partial charge in [0.05, 0.1) is 13.2 Å². The summed E-state index contributed by atoms with van der Waals surface area (Å²) < 4.78 is 21.8. The molecule has 1 aliphatic heterocycles. The maximum atomic E-state index is 12.5. The number of rotatable bonds is 26. The monoisotopic (exact) mass is 588 g/mol. The molecular weight excluding hydrogens is 528 g/mol. The highest BCUT2D eigenvalue weighted by Crippen LogP contribution is 2.18. The minimum Gasteiger partial charge on any atom is -0.462 e. The second-order valence-corrected chi connectivity index (χ2v) is 11.5. The Bertz CT molecular complexity index is 645. The highest BCUT2D eigenvalue weighted by molar-refractivity contribution is 5.70. The molecule has 41 heavy (non-hydrogen) atoms. The lowest BCUT2D eigenvalue weighted by Crippen LogP contribution is -2.54. The van der Waals surface area contributed by atoms with E-state index in [-0.39, 0.29) is 32.2 Å². The summed E-state index contributed by atoms with van der Waals surface area (Å²) in [6.45, 7) is 3.89. The molecule has 3 N–H and O–H groups in total. The fourth-order valence-electron chi connectivity index (χ4n) is 4.91. The van der Waals surface area contributed by atoms with Crippen molar-refractivity contribution >= 4 is 11.9 Å². The number of aliphatic hydroxyl groups excluding tert-OH is 3. The van der Waals surface area contributed by atoms with Gasteiger partial charge in [0.25, 0.3) is 0 Å². The third-order valence-corrected chi connectivity index (χ3v) is 7.60. The molecule has 9 heteroatoms. The van der Waals surface area contributed by atoms with Gasteiger partial charge in [-0.05, 0) is 12.8 Å². The van der Waals surface area contributed by atoms with Crippen molar-refractivity contribution in [3.05, 3.63) is 0 Å². The van der Waals surface area contributed by atoms with Crippen LogP contribution in [0.5, 0.6) is 0 Å². The molecule has 0 aromatic heterocycles. The van der Waals surface area contributed by atoms with Crippen LogP contribution in [0.1, 0.15) is 142 Å². The van der Waals surface area contributed by atoms with Crippen LogP contribution >= 0.6 is 0 Å². The lowest BCUT2D eigenvalue weighted by Gasteiger charge is -2.35. The predicted octanol–water partition coefficient (Wildman–Crippen LogP) is 5.74. The van der Waals surface area contributed by atoms with Gasteiger partial charge in [-0.15, -0.1) is 0 Å². The van der Waals surface area contributed by atoms with Crippen LogP contribution < -0.4 is 0 Å². The van der Waals surface area contributed by atoms with E-state index >= 15 is 0 Å². The van der Waals surface area contributed by atoms with Gasteiger partial charge in [0.1, 0.15) is 24.9 Å². The second-order valence-electron chi connectivity index (χ2n) is 11.5. The normalized spacial score (nSPS) is 21.5. The van der Waals surface area contributed by atoms with Gasteiger partial charge in [0, 0.05) is 12.8 Å². The minimum atomic E-state index is -1.45. The van der Waals surface area contributed by atoms with E-state index in [2.05, 4.69) is 13.8 Å². The standard InChI is InChI=1S/C32H60O9/c1-3-5-7-9-11-13-15-17-19-21-28(34)38-23-26(24-39-32-31(37)30(36)27(33)25-40-32)41-29(35)22-20-18-16-14-12-10-8-6-4-2/h26-27,30-33,36-37H,3-25H2,1-2H3/t26-,27-,30+,31-,32+/m1/s1. The molecule has 0 unspecified atom stereocenters. The van der Waals surface area contributed by atoms with E-state index in [1.807, 2.05) is 0 Å². The topological polar surface area (TPSA) is 132 Å². The Kier molecular flexibility index (Phi) is 23.3. The molecule has 0 aromatic carbocycles. The van der Waals surface area contributed by atoms with Crippen molar-refractivity contribution < 1.29 is 43.9 Å². The summed E-state index contributed by atoms with van der Waals surface area (Å²) in [7, 11) is 0. The molecule has 0 saturated carbocycles. The van der Waals surface area contributed by atoms with E-state index in [4.69, 9.17) is 18.9 Å². The SMILES string of the molecule is CCCCCCCCCCCC(=O)OC[C@H](CO[C@H]1OC[C@@H](O)[C@H](O)[C@H]1O)OC(=O)CCCCCCCCCCC. The van der Waals surface area contributed by atoms with Crippen molar-refractivity contribution in [1.29, 1.82) is 0 Å². The molecule has 0 spiro atoms. The Morgan fingerprint density at radius 1 is 0.659 bits per heavy atom. The molecule has 0 radical (unpaired) electrons. The van der Waals surface area contributed by atoms with Crippen LogP contribution in [0.2, 0.25) is 0 Å². The minimum absolute atomic E-state index is 0.159. The van der Waals surface area contributed by atoms with Crippen LogP contribution in [-0.2, 0) is 28.5 Å². The molecule has 242 valence electrons. The summed E-state index contributed by atoms with van der Waals surface area (Å²) in [6, 6.07) is 0. The van der Waals surface area contributed by atoms with Gasteiger partial charge < -0.3 is 34.3 Å². The van der Waals surface area contributed by atoms with E-state index in [9.17, 15) is 24.9 Å². The fraction of sp³-hybridized carbons (Fsp3) is 0.938. The van der Waals surface area contributed by atoms with Crippen LogP contribution in [0.25, 0.3) is 0 Å². The Balaban J connectivity index is 2.37. The maximum absolute atomic E-state index is 12.5. The van der Waals surface area contributed by atoms with Crippen LogP contribution in [0.15, 0.2) is 0 Å². The van der Waals surface area contributed by atoms with Crippen molar-refractivity contribution in [2.45, 2.75) is 173 Å². The van der Waals surface area contributed by atoms with Crippen molar-refractivity contribution in [3.8, 4) is 0 Å². The smallest absolute Gasteiger partial charge is 0.306 e. The van der Waals surface area contributed by atoms with E-state index < -0.39 is 36.7 Å². The Hall–Kier alpha value is -1.26. The fourth-order valence-corrected chi connectivity index (χ4v) is 4.91. The second kappa shape index (κ2) is 25.3. The summed E-state index contributed by atoms with van der Waals surface area (Å²) in [4.78, 5) is 24.8. The summed E-state index contributed by atoms with van der Waals surface area (Å²) in [6.07, 6.45) is 15.1. The molecule has 1 fully saturated rings. The molecule has 0 aliphatic carbocycles. The number of carbonyl (C=O) groups excluding carboxylic acids is 2. The molecule has 9 nitrogen and oxygen atoms in total. The Morgan fingerprint density at radius 3 is 1.63 bits per heavy atom. The summed E-state index contributed by atoms with van der Waals surface area (Å²) in [5, 5.41) is 29.7. The predicted molar refractivity (Wildman–Crippen MR) is 158 cm³/mol. The first-order valence-corrected chi connectivity index (χ1v) is 16.5. The summed E-state index contributed by atoms with van der Waals surface area (Å²) in [5.74, 6) is -0.738. The van der Waals surface area contributed by atoms with Gasteiger partial charge in [0.2, 0.25) is 0 Å². The number of aliphatic hydroxyl groups is 3. The summed E-state index contributed by atoms with van der Waals surface area (Å²) >= 11 is 0. The van der Waals surface area contributed by atoms with E-state index in [0.29, 0.717) is 6.42 Å². The molecule has 1 heterocycles. The zero-order chi connectivity index (χ0) is 30.1. The van der Waals surface area contributed by atoms with Gasteiger partial charge in [0.15, 0.2) is 12.4 Å². The molecule has 1 saturated heterocycles. The lowest BCUT2D eigenvalue weighted by molar-refractivity contribution is -0.275. The maximum Gasteiger partial charge on any atom is 0.306 e. The van der Waals surface area contributed by atoms with Crippen LogP contribution in [0, 0.1) is 0 Å². The Morgan fingerprint density at radius 2 is 1.12 bits per heavy atom. The van der Waals surface area contributed by atoms with Crippen molar-refractivity contribution in [2.24, 2.45) is 0 Å². The van der Waals surface area contributed by atoms with Crippen LogP contribution in [-0.4, -0.2) is 77.8 Å². The highest BCUT2D eigenvalue weighted by Gasteiger charge is 2.38. The van der Waals surface area contributed by atoms with Crippen molar-refractivity contribution in [3.63, 3.8) is 0 Å². The number of unbranched alkanes of at least 4 members (excludes halogenated alkanes) is 16. The van der Waals surface area contributed by atoms with E-state index in [1.54, 1.807) is 0 Å². The van der Waals surface area contributed by atoms with Gasteiger partial charge >= 0.3 is 11.9 Å². The number of esters is 2. The zero-order valence-corrected chi connectivity index (χ0v) is 25.9. The van der Waals surface area contributed by atoms with E-state index in [0.717, 1.165) is 38.5 Å². The van der Waals surface area contributed by atoms with Crippen LogP contribution in [0.4, 0.5) is 0 Å². The molecule has 0 amide bonds. The first kappa shape index (κ1) is 37.8. The quantitative estimate of drug-likeness (QED) is 0.0855. The number of carbonyl (C=O) groups is 2. The van der Waals surface area contributed by atoms with E-state index in [1.165, 1.54) is 77.0 Å². The largest absolute Gasteiger partial charge is 0.462 e. The average molecular weight is 589 g/mol. The Labute approximate surface area is 248 Å². The van der Waals surface area contributed by atoms with Crippen molar-refractivity contribution in [2.75, 3.05) is 19.8 Å². The first-order valence-electron chi connectivity index (χ1n) is 16.5. The van der Waals surface area contributed by atoms with Crippen LogP contribution in [0.3, 0.4) is 0 Å². The number of hydrogen-bond acceptors (Lipinski definition) is 9. The average Bonchev–Trinajstić information content (AvgIpc) is 2.96. The highest BCUT2D eigenvalue weighted by atomic mass is 16.7. The van der Waals surface area contributed by atoms with Gasteiger partial charge in [-0.1, -0.05) is 117 Å².